The van der Waals surface area contributed by atoms with Gasteiger partial charge in [0.1, 0.15) is 5.75 Å². The summed E-state index contributed by atoms with van der Waals surface area (Å²) >= 11 is 0. The minimum atomic E-state index is -4.56. The van der Waals surface area contributed by atoms with Gasteiger partial charge in [-0.1, -0.05) is 37.8 Å². The Labute approximate surface area is 126 Å². The highest BCUT2D eigenvalue weighted by molar-refractivity contribution is 5.96. The van der Waals surface area contributed by atoms with Crippen LogP contribution in [0.2, 0.25) is 0 Å². The predicted molar refractivity (Wildman–Crippen MR) is 73.5 cm³/mol. The van der Waals surface area contributed by atoms with Gasteiger partial charge in [0, 0.05) is 12.0 Å². The van der Waals surface area contributed by atoms with E-state index in [1.54, 1.807) is 0 Å². The molecule has 0 heterocycles. The monoisotopic (exact) mass is 318 g/mol. The molecular weight excluding hydrogens is 300 g/mol. The van der Waals surface area contributed by atoms with Crippen molar-refractivity contribution in [2.24, 2.45) is 5.92 Å². The van der Waals surface area contributed by atoms with Crippen LogP contribution in [0, 0.1) is 5.92 Å². The zero-order chi connectivity index (χ0) is 16.2. The van der Waals surface area contributed by atoms with E-state index in [9.17, 15) is 22.4 Å². The number of hydrogen-bond donors (Lipinski definition) is 0. The predicted octanol–water partition coefficient (Wildman–Crippen LogP) is 5.08. The summed E-state index contributed by atoms with van der Waals surface area (Å²) in [5.41, 5.74) is 0.209. The molecule has 1 fully saturated rings. The third kappa shape index (κ3) is 4.45. The number of alkyl halides is 4. The molecule has 2 nitrogen and oxygen atoms in total. The van der Waals surface area contributed by atoms with Crippen LogP contribution in [0.15, 0.2) is 24.3 Å². The fourth-order valence-electron chi connectivity index (χ4n) is 2.71. The average molecular weight is 318 g/mol. The van der Waals surface area contributed by atoms with Gasteiger partial charge in [-0.25, -0.2) is 0 Å². The van der Waals surface area contributed by atoms with Gasteiger partial charge < -0.3 is 4.74 Å². The molecule has 0 spiro atoms. The van der Waals surface area contributed by atoms with Crippen LogP contribution in [0.5, 0.6) is 5.75 Å². The van der Waals surface area contributed by atoms with Gasteiger partial charge in [-0.15, -0.1) is 0 Å². The van der Waals surface area contributed by atoms with Crippen molar-refractivity contribution in [2.75, 3.05) is 0 Å². The summed E-state index contributed by atoms with van der Waals surface area (Å²) in [6.45, 7) is 0. The Hall–Kier alpha value is -1.59. The van der Waals surface area contributed by atoms with Gasteiger partial charge in [0.25, 0.3) is 0 Å². The molecule has 122 valence electrons. The van der Waals surface area contributed by atoms with Gasteiger partial charge >= 0.3 is 12.5 Å². The molecule has 0 unspecified atom stereocenters. The molecule has 2 rings (SSSR count). The Morgan fingerprint density at radius 1 is 1.27 bits per heavy atom. The molecule has 0 radical (unpaired) electrons. The quantitative estimate of drug-likeness (QED) is 0.518. The van der Waals surface area contributed by atoms with E-state index in [-0.39, 0.29) is 11.3 Å². The third-order valence-corrected chi connectivity index (χ3v) is 3.92. The first-order valence-electron chi connectivity index (χ1n) is 7.37. The van der Waals surface area contributed by atoms with Gasteiger partial charge in [-0.3, -0.25) is 4.79 Å². The Kier molecular flexibility index (Phi) is 5.42. The average Bonchev–Trinajstić information content (AvgIpc) is 2.97. The molecule has 0 atom stereocenters. The zero-order valence-corrected chi connectivity index (χ0v) is 12.0. The molecule has 1 saturated carbocycles. The van der Waals surface area contributed by atoms with E-state index in [1.165, 1.54) is 25.0 Å². The van der Waals surface area contributed by atoms with Crippen LogP contribution in [-0.2, 0) is 0 Å². The number of rotatable bonds is 7. The molecule has 0 bridgehead atoms. The van der Waals surface area contributed by atoms with Gasteiger partial charge in [0.15, 0.2) is 5.78 Å². The largest absolute Gasteiger partial charge is 0.461 e. The van der Waals surface area contributed by atoms with E-state index in [0.717, 1.165) is 31.4 Å². The first-order chi connectivity index (χ1) is 10.4. The van der Waals surface area contributed by atoms with Crippen molar-refractivity contribution < 1.29 is 27.1 Å². The van der Waals surface area contributed by atoms with E-state index in [0.29, 0.717) is 12.3 Å². The first-order valence-corrected chi connectivity index (χ1v) is 7.37. The van der Waals surface area contributed by atoms with Crippen molar-refractivity contribution in [3.8, 4) is 5.75 Å². The number of hydrogen-bond acceptors (Lipinski definition) is 2. The SMILES string of the molecule is O=C(CCC1CCCC1)c1cccc(OC(F)(F)C(F)F)c1. The second-order valence-electron chi connectivity index (χ2n) is 5.60. The molecule has 0 saturated heterocycles. The number of benzene rings is 1. The second-order valence-corrected chi connectivity index (χ2v) is 5.60. The van der Waals surface area contributed by atoms with E-state index in [2.05, 4.69) is 4.74 Å². The summed E-state index contributed by atoms with van der Waals surface area (Å²) in [6, 6.07) is 5.04. The number of carbonyl (C=O) groups is 1. The highest BCUT2D eigenvalue weighted by Gasteiger charge is 2.44. The summed E-state index contributed by atoms with van der Waals surface area (Å²) in [5.74, 6) is -0.0683. The lowest BCUT2D eigenvalue weighted by molar-refractivity contribution is -0.253. The van der Waals surface area contributed by atoms with Crippen LogP contribution in [0.25, 0.3) is 0 Å². The van der Waals surface area contributed by atoms with Crippen molar-refractivity contribution in [3.63, 3.8) is 0 Å². The Bertz CT molecular complexity index is 511. The molecule has 22 heavy (non-hydrogen) atoms. The Balaban J connectivity index is 1.96. The standard InChI is InChI=1S/C16H18F4O2/c17-15(18)16(19,20)22-13-7-3-6-12(10-13)14(21)9-8-11-4-1-2-5-11/h3,6-7,10-11,15H,1-2,4-5,8-9H2. The number of Topliss-reactive ketones (excluding diaryl/α,β-unsaturated/α-hetero) is 1. The Morgan fingerprint density at radius 3 is 2.59 bits per heavy atom. The summed E-state index contributed by atoms with van der Waals surface area (Å²) in [6.07, 6.45) is -2.76. The van der Waals surface area contributed by atoms with Crippen molar-refractivity contribution in [1.29, 1.82) is 0 Å². The fourth-order valence-corrected chi connectivity index (χ4v) is 2.71. The van der Waals surface area contributed by atoms with Crippen LogP contribution in [0.4, 0.5) is 17.6 Å². The first kappa shape index (κ1) is 16.8. The van der Waals surface area contributed by atoms with Crippen LogP contribution in [0.3, 0.4) is 0 Å². The molecule has 0 amide bonds. The smallest absolute Gasteiger partial charge is 0.428 e. The maximum absolute atomic E-state index is 12.9. The lowest BCUT2D eigenvalue weighted by Gasteiger charge is -2.17. The van der Waals surface area contributed by atoms with E-state index in [1.807, 2.05) is 0 Å². The highest BCUT2D eigenvalue weighted by Crippen LogP contribution is 2.30. The van der Waals surface area contributed by atoms with Crippen molar-refractivity contribution in [3.05, 3.63) is 29.8 Å². The van der Waals surface area contributed by atoms with Gasteiger partial charge in [-0.05, 0) is 24.5 Å². The molecule has 0 aliphatic heterocycles. The maximum atomic E-state index is 12.9. The topological polar surface area (TPSA) is 26.3 Å². The Morgan fingerprint density at radius 2 is 1.95 bits per heavy atom. The summed E-state index contributed by atoms with van der Waals surface area (Å²) in [4.78, 5) is 12.1. The second kappa shape index (κ2) is 7.11. The summed E-state index contributed by atoms with van der Waals surface area (Å²) in [5, 5.41) is 0. The van der Waals surface area contributed by atoms with Crippen molar-refractivity contribution >= 4 is 5.78 Å². The molecular formula is C16H18F4O2. The third-order valence-electron chi connectivity index (χ3n) is 3.92. The molecule has 1 aliphatic carbocycles. The van der Waals surface area contributed by atoms with E-state index < -0.39 is 18.3 Å². The minimum Gasteiger partial charge on any atom is -0.428 e. The highest BCUT2D eigenvalue weighted by atomic mass is 19.3. The molecule has 6 heteroatoms. The summed E-state index contributed by atoms with van der Waals surface area (Å²) < 4.78 is 53.9. The van der Waals surface area contributed by atoms with Crippen molar-refractivity contribution in [1.82, 2.24) is 0 Å². The van der Waals surface area contributed by atoms with Crippen LogP contribution >= 0.6 is 0 Å². The number of carbonyl (C=O) groups excluding carboxylic acids is 1. The lowest BCUT2D eigenvalue weighted by atomic mass is 9.97. The number of halogens is 4. The lowest BCUT2D eigenvalue weighted by Crippen LogP contribution is -2.33. The van der Waals surface area contributed by atoms with E-state index in [4.69, 9.17) is 0 Å². The number of ether oxygens (including phenoxy) is 1. The number of ketones is 1. The van der Waals surface area contributed by atoms with E-state index >= 15 is 0 Å². The summed E-state index contributed by atoms with van der Waals surface area (Å²) in [7, 11) is 0. The molecule has 0 aromatic heterocycles. The zero-order valence-electron chi connectivity index (χ0n) is 12.0. The molecule has 1 aromatic carbocycles. The maximum Gasteiger partial charge on any atom is 0.461 e. The molecule has 0 N–H and O–H groups in total. The van der Waals surface area contributed by atoms with Crippen LogP contribution < -0.4 is 4.74 Å². The molecule has 1 aromatic rings. The molecule has 1 aliphatic rings. The van der Waals surface area contributed by atoms with Crippen molar-refractivity contribution in [2.45, 2.75) is 51.1 Å². The minimum absolute atomic E-state index is 0.183. The van der Waals surface area contributed by atoms with Gasteiger partial charge in [0.05, 0.1) is 0 Å². The normalized spacial score (nSPS) is 16.2. The van der Waals surface area contributed by atoms with Crippen LogP contribution in [-0.4, -0.2) is 18.3 Å². The van der Waals surface area contributed by atoms with Gasteiger partial charge in [0.2, 0.25) is 0 Å². The van der Waals surface area contributed by atoms with Gasteiger partial charge in [-0.2, -0.15) is 17.6 Å². The van der Waals surface area contributed by atoms with Crippen LogP contribution in [0.1, 0.15) is 48.9 Å². The fraction of sp³-hybridized carbons (Fsp3) is 0.562.